The number of ether oxygens (including phenoxy) is 1. The number of thiazole rings is 1. The van der Waals surface area contributed by atoms with Gasteiger partial charge in [0.15, 0.2) is 0 Å². The van der Waals surface area contributed by atoms with Crippen LogP contribution in [0.15, 0.2) is 83.0 Å². The molecule has 1 aliphatic carbocycles. The molecule has 0 spiro atoms. The van der Waals surface area contributed by atoms with E-state index in [0.29, 0.717) is 34.9 Å². The molecule has 4 aromatic rings. The molecule has 1 amide bonds. The summed E-state index contributed by atoms with van der Waals surface area (Å²) < 4.78 is 6.87. The number of carboxylic acid groups (broad SMARTS) is 1. The Balaban J connectivity index is 1.31. The first-order chi connectivity index (χ1) is 17.8. The standard InChI is InChI=1S/C28H23ClN2O5S/c1-17(22-4-2-3-5-23(22)29)36-26(34)30-24-16-37-27(35)31(24)21-12-8-19(9-13-21)18-6-10-20(11-7-18)28(14-15-28)25(32)33/h2-13,16-17H,14-15H2,1H3,(H,30,34)(H,32,33). The Hall–Kier alpha value is -3.88. The summed E-state index contributed by atoms with van der Waals surface area (Å²) in [6.07, 6.45) is 0.0392. The smallest absolute Gasteiger partial charge is 0.413 e. The minimum atomic E-state index is -0.780. The maximum atomic E-state index is 12.6. The van der Waals surface area contributed by atoms with Gasteiger partial charge in [0.2, 0.25) is 0 Å². The van der Waals surface area contributed by atoms with E-state index in [1.807, 2.05) is 42.5 Å². The molecule has 1 fully saturated rings. The lowest BCUT2D eigenvalue weighted by Gasteiger charge is -2.16. The molecule has 1 aromatic heterocycles. The number of hydrogen-bond donors (Lipinski definition) is 2. The molecule has 2 N–H and O–H groups in total. The first kappa shape index (κ1) is 24.8. The van der Waals surface area contributed by atoms with Crippen LogP contribution in [0.25, 0.3) is 16.8 Å². The van der Waals surface area contributed by atoms with Gasteiger partial charge in [0.1, 0.15) is 11.9 Å². The number of nitrogens with one attached hydrogen (secondary N) is 1. The molecule has 0 radical (unpaired) electrons. The van der Waals surface area contributed by atoms with Crippen LogP contribution in [0, 0.1) is 0 Å². The fourth-order valence-corrected chi connectivity index (χ4v) is 5.31. The van der Waals surface area contributed by atoms with Gasteiger partial charge in [-0.25, -0.2) is 4.79 Å². The highest BCUT2D eigenvalue weighted by atomic mass is 35.5. The van der Waals surface area contributed by atoms with Crippen molar-refractivity contribution in [3.8, 4) is 16.8 Å². The van der Waals surface area contributed by atoms with Crippen molar-refractivity contribution in [2.45, 2.75) is 31.3 Å². The van der Waals surface area contributed by atoms with E-state index in [0.717, 1.165) is 28.0 Å². The first-order valence-corrected chi connectivity index (χ1v) is 12.9. The number of hydrogen-bond acceptors (Lipinski definition) is 5. The van der Waals surface area contributed by atoms with E-state index in [4.69, 9.17) is 16.3 Å². The van der Waals surface area contributed by atoms with Crippen LogP contribution in [-0.4, -0.2) is 21.7 Å². The minimum absolute atomic E-state index is 0.255. The molecule has 0 saturated heterocycles. The largest absolute Gasteiger partial charge is 0.481 e. The van der Waals surface area contributed by atoms with Crippen LogP contribution >= 0.6 is 22.9 Å². The molecule has 188 valence electrons. The maximum Gasteiger partial charge on any atom is 0.413 e. The fraction of sp³-hybridized carbons (Fsp3) is 0.179. The van der Waals surface area contributed by atoms with Crippen molar-refractivity contribution in [2.75, 3.05) is 5.32 Å². The third-order valence-electron chi connectivity index (χ3n) is 6.61. The minimum Gasteiger partial charge on any atom is -0.481 e. The van der Waals surface area contributed by atoms with Gasteiger partial charge in [-0.1, -0.05) is 77.5 Å². The second-order valence-corrected chi connectivity index (χ2v) is 10.2. The summed E-state index contributed by atoms with van der Waals surface area (Å²) in [4.78, 5) is 36.5. The summed E-state index contributed by atoms with van der Waals surface area (Å²) >= 11 is 7.16. The Labute approximate surface area is 221 Å². The molecular weight excluding hydrogens is 512 g/mol. The zero-order valence-corrected chi connectivity index (χ0v) is 21.4. The number of anilines is 1. The highest BCUT2D eigenvalue weighted by molar-refractivity contribution is 7.07. The van der Waals surface area contributed by atoms with Crippen LogP contribution in [0.2, 0.25) is 5.02 Å². The van der Waals surface area contributed by atoms with E-state index in [9.17, 15) is 19.5 Å². The Morgan fingerprint density at radius 3 is 2.24 bits per heavy atom. The number of carbonyl (C=O) groups is 2. The molecule has 1 atom stereocenters. The number of carboxylic acids is 1. The Morgan fingerprint density at radius 2 is 1.65 bits per heavy atom. The zero-order valence-electron chi connectivity index (χ0n) is 19.8. The van der Waals surface area contributed by atoms with E-state index in [-0.39, 0.29) is 4.87 Å². The van der Waals surface area contributed by atoms with Gasteiger partial charge in [0, 0.05) is 16.0 Å². The molecule has 37 heavy (non-hydrogen) atoms. The lowest BCUT2D eigenvalue weighted by Crippen LogP contribution is -2.21. The number of rotatable bonds is 7. The Kier molecular flexibility index (Phi) is 6.62. The van der Waals surface area contributed by atoms with E-state index >= 15 is 0 Å². The Morgan fingerprint density at radius 1 is 1.03 bits per heavy atom. The van der Waals surface area contributed by atoms with Crippen molar-refractivity contribution in [1.82, 2.24) is 4.57 Å². The van der Waals surface area contributed by atoms with Crippen LogP contribution in [-0.2, 0) is 14.9 Å². The van der Waals surface area contributed by atoms with E-state index in [2.05, 4.69) is 5.32 Å². The molecular formula is C28H23ClN2O5S. The molecule has 1 saturated carbocycles. The highest BCUT2D eigenvalue weighted by Crippen LogP contribution is 2.48. The highest BCUT2D eigenvalue weighted by Gasteiger charge is 2.51. The van der Waals surface area contributed by atoms with Gasteiger partial charge in [-0.15, -0.1) is 0 Å². The SMILES string of the molecule is CC(OC(=O)Nc1csc(=O)n1-c1ccc(-c2ccc(C3(C(=O)O)CC3)cc2)cc1)c1ccccc1Cl. The maximum absolute atomic E-state index is 12.6. The second-order valence-electron chi connectivity index (χ2n) is 8.93. The number of carbonyl (C=O) groups excluding carboxylic acids is 1. The normalized spacial score (nSPS) is 14.5. The molecule has 9 heteroatoms. The van der Waals surface area contributed by atoms with E-state index in [1.165, 1.54) is 4.57 Å². The predicted octanol–water partition coefficient (Wildman–Crippen LogP) is 6.65. The lowest BCUT2D eigenvalue weighted by molar-refractivity contribution is -0.140. The van der Waals surface area contributed by atoms with Gasteiger partial charge in [-0.3, -0.25) is 19.5 Å². The summed E-state index contributed by atoms with van der Waals surface area (Å²) in [6, 6.07) is 22.0. The second kappa shape index (κ2) is 9.88. The van der Waals surface area contributed by atoms with Crippen molar-refractivity contribution in [3.05, 3.63) is 104 Å². The zero-order chi connectivity index (χ0) is 26.2. The first-order valence-electron chi connectivity index (χ1n) is 11.7. The van der Waals surface area contributed by atoms with Crippen molar-refractivity contribution in [1.29, 1.82) is 0 Å². The van der Waals surface area contributed by atoms with Gasteiger partial charge < -0.3 is 9.84 Å². The van der Waals surface area contributed by atoms with Crippen LogP contribution in [0.1, 0.15) is 37.0 Å². The predicted molar refractivity (Wildman–Crippen MR) is 144 cm³/mol. The van der Waals surface area contributed by atoms with Crippen molar-refractivity contribution >= 4 is 40.8 Å². The van der Waals surface area contributed by atoms with Gasteiger partial charge in [-0.2, -0.15) is 0 Å². The lowest BCUT2D eigenvalue weighted by atomic mass is 9.94. The molecule has 0 aliphatic heterocycles. The van der Waals surface area contributed by atoms with Crippen molar-refractivity contribution in [3.63, 3.8) is 0 Å². The van der Waals surface area contributed by atoms with E-state index in [1.54, 1.807) is 42.6 Å². The fourth-order valence-electron chi connectivity index (χ4n) is 4.34. The summed E-state index contributed by atoms with van der Waals surface area (Å²) in [6.45, 7) is 1.72. The van der Waals surface area contributed by atoms with Crippen molar-refractivity contribution < 1.29 is 19.4 Å². The van der Waals surface area contributed by atoms with Crippen LogP contribution in [0.4, 0.5) is 10.6 Å². The summed E-state index contributed by atoms with van der Waals surface area (Å²) in [5.41, 5.74) is 3.20. The van der Waals surface area contributed by atoms with E-state index < -0.39 is 23.6 Å². The molecule has 5 rings (SSSR count). The van der Waals surface area contributed by atoms with Crippen LogP contribution in [0.5, 0.6) is 0 Å². The van der Waals surface area contributed by atoms with Gasteiger partial charge in [0.05, 0.1) is 11.1 Å². The Bertz CT molecular complexity index is 1520. The van der Waals surface area contributed by atoms with Gasteiger partial charge in [0.25, 0.3) is 0 Å². The number of nitrogens with zero attached hydrogens (tertiary/aromatic N) is 1. The third kappa shape index (κ3) is 4.90. The van der Waals surface area contributed by atoms with Gasteiger partial charge in [-0.05, 0) is 54.7 Å². The quantitative estimate of drug-likeness (QED) is 0.277. The average Bonchev–Trinajstić information content (AvgIpc) is 3.63. The monoisotopic (exact) mass is 534 g/mol. The average molecular weight is 535 g/mol. The van der Waals surface area contributed by atoms with Gasteiger partial charge >= 0.3 is 16.9 Å². The number of halogens is 1. The van der Waals surface area contributed by atoms with Crippen molar-refractivity contribution in [2.24, 2.45) is 0 Å². The molecule has 1 unspecified atom stereocenters. The molecule has 0 bridgehead atoms. The number of amides is 1. The summed E-state index contributed by atoms with van der Waals surface area (Å²) in [7, 11) is 0. The number of aromatic nitrogens is 1. The summed E-state index contributed by atoms with van der Waals surface area (Å²) in [5.74, 6) is -0.482. The molecule has 1 aliphatic rings. The van der Waals surface area contributed by atoms with Crippen LogP contribution in [0.3, 0.4) is 0 Å². The summed E-state index contributed by atoms with van der Waals surface area (Å²) in [5, 5.41) is 14.2. The number of benzene rings is 3. The third-order valence-corrected chi connectivity index (χ3v) is 7.68. The topological polar surface area (TPSA) is 97.6 Å². The molecule has 3 aromatic carbocycles. The molecule has 7 nitrogen and oxygen atoms in total. The number of aliphatic carboxylic acids is 1. The molecule has 1 heterocycles. The van der Waals surface area contributed by atoms with Crippen LogP contribution < -0.4 is 10.2 Å².